The smallest absolute Gasteiger partial charge is 0.326 e. The van der Waals surface area contributed by atoms with E-state index in [1.165, 1.54) is 0 Å². The molecule has 0 spiro atoms. The molecule has 0 radical (unpaired) electrons. The van der Waals surface area contributed by atoms with Crippen LogP contribution >= 0.6 is 0 Å². The fourth-order valence-corrected chi connectivity index (χ4v) is 5.76. The van der Waals surface area contributed by atoms with Gasteiger partial charge in [0.1, 0.15) is 0 Å². The molecule has 0 aromatic heterocycles. The molecule has 1 aliphatic heterocycles. The quantitative estimate of drug-likeness (QED) is 0.388. The molecule has 2 aliphatic carbocycles. The number of nitrogens with zero attached hydrogens (tertiary/aromatic N) is 1. The average Bonchev–Trinajstić information content (AvgIpc) is 2.93. The highest BCUT2D eigenvalue weighted by Crippen LogP contribution is 2.53. The number of amides is 2. The lowest BCUT2D eigenvalue weighted by atomic mass is 9.72. The largest absolute Gasteiger partial charge is 0.425 e. The van der Waals surface area contributed by atoms with Crippen molar-refractivity contribution in [3.63, 3.8) is 0 Å². The molecule has 11 heteroatoms. The maximum atomic E-state index is 14.9. The van der Waals surface area contributed by atoms with Gasteiger partial charge in [0.2, 0.25) is 5.54 Å². The van der Waals surface area contributed by atoms with Crippen LogP contribution in [-0.4, -0.2) is 40.3 Å². The summed E-state index contributed by atoms with van der Waals surface area (Å²) < 4.78 is 84.3. The van der Waals surface area contributed by atoms with Gasteiger partial charge in [-0.15, -0.1) is 0 Å². The Kier molecular flexibility index (Phi) is 6.73. The number of hydrogen-bond donors (Lipinski definition) is 1. The number of halogens is 6. The van der Waals surface area contributed by atoms with Crippen LogP contribution < -0.4 is 5.32 Å². The van der Waals surface area contributed by atoms with Gasteiger partial charge >= 0.3 is 12.4 Å². The molecule has 3 aliphatic rings. The zero-order chi connectivity index (χ0) is 27.4. The van der Waals surface area contributed by atoms with Crippen LogP contribution in [0.3, 0.4) is 0 Å². The van der Waals surface area contributed by atoms with Crippen molar-refractivity contribution >= 4 is 17.6 Å². The van der Waals surface area contributed by atoms with E-state index in [9.17, 15) is 40.7 Å². The molecular formula is C26H28F6N2O3. The summed E-state index contributed by atoms with van der Waals surface area (Å²) in [6, 6.07) is 2.35. The van der Waals surface area contributed by atoms with E-state index in [2.05, 4.69) is 0 Å². The van der Waals surface area contributed by atoms with Crippen molar-refractivity contribution in [3.05, 3.63) is 46.7 Å². The summed E-state index contributed by atoms with van der Waals surface area (Å²) >= 11 is 0. The molecule has 2 amide bonds. The molecule has 4 rings (SSSR count). The van der Waals surface area contributed by atoms with Gasteiger partial charge in [0.25, 0.3) is 11.8 Å². The highest BCUT2D eigenvalue weighted by Gasteiger charge is 2.72. The van der Waals surface area contributed by atoms with Crippen molar-refractivity contribution in [1.29, 1.82) is 0 Å². The highest BCUT2D eigenvalue weighted by atomic mass is 19.4. The number of carbonyl (C=O) groups excluding carboxylic acids is 3. The standard InChI is InChI=1S/C26H28F6N2O3/c1-23(2)13-18-20(19(35)14-23)24(26(30,31)32,22(37)34(18)17-10-5-3-4-6-11-17)33-21(36)15-8-7-9-16(12-15)25(27,28)29/h7-9,12,17H,3-6,10-11,13-14H2,1-2H3,(H,33,36). The van der Waals surface area contributed by atoms with Crippen molar-refractivity contribution in [1.82, 2.24) is 10.2 Å². The first-order valence-corrected chi connectivity index (χ1v) is 12.3. The Hall–Kier alpha value is -2.85. The minimum Gasteiger partial charge on any atom is -0.326 e. The number of benzene rings is 1. The van der Waals surface area contributed by atoms with Crippen LogP contribution in [0.25, 0.3) is 0 Å². The monoisotopic (exact) mass is 530 g/mol. The topological polar surface area (TPSA) is 66.5 Å². The second-order valence-corrected chi connectivity index (χ2v) is 10.9. The van der Waals surface area contributed by atoms with Crippen molar-refractivity contribution in [2.75, 3.05) is 0 Å². The second kappa shape index (κ2) is 9.16. The van der Waals surface area contributed by atoms with Gasteiger partial charge in [-0.3, -0.25) is 14.4 Å². The van der Waals surface area contributed by atoms with Crippen LogP contribution in [0, 0.1) is 5.41 Å². The SMILES string of the molecule is CC1(C)CC(=O)C2=C(C1)N(C1CCCCCC1)C(=O)C2(NC(=O)c1cccc(C(F)(F)F)c1)C(F)(F)F. The second-order valence-electron chi connectivity index (χ2n) is 10.9. The van der Waals surface area contributed by atoms with Gasteiger partial charge in [-0.2, -0.15) is 26.3 Å². The lowest BCUT2D eigenvalue weighted by Crippen LogP contribution is -2.66. The maximum absolute atomic E-state index is 14.9. The summed E-state index contributed by atoms with van der Waals surface area (Å²) in [6.07, 6.45) is -6.47. The van der Waals surface area contributed by atoms with Gasteiger partial charge < -0.3 is 10.2 Å². The third-order valence-corrected chi connectivity index (χ3v) is 7.43. The Balaban J connectivity index is 1.86. The first-order valence-electron chi connectivity index (χ1n) is 12.3. The summed E-state index contributed by atoms with van der Waals surface area (Å²) in [5, 5.41) is 1.72. The van der Waals surface area contributed by atoms with E-state index in [-0.39, 0.29) is 18.5 Å². The zero-order valence-electron chi connectivity index (χ0n) is 20.5. The van der Waals surface area contributed by atoms with E-state index in [4.69, 9.17) is 0 Å². The predicted octanol–water partition coefficient (Wildman–Crippen LogP) is 5.94. The lowest BCUT2D eigenvalue weighted by molar-refractivity contribution is -0.191. The molecule has 0 saturated heterocycles. The van der Waals surface area contributed by atoms with Crippen LogP contribution in [-0.2, 0) is 15.8 Å². The van der Waals surface area contributed by atoms with Gasteiger partial charge in [-0.1, -0.05) is 45.6 Å². The molecule has 1 saturated carbocycles. The summed E-state index contributed by atoms with van der Waals surface area (Å²) in [6.45, 7) is 3.44. The number of alkyl halides is 6. The Morgan fingerprint density at radius 1 is 0.973 bits per heavy atom. The molecule has 0 bridgehead atoms. The zero-order valence-corrected chi connectivity index (χ0v) is 20.5. The first kappa shape index (κ1) is 27.2. The number of ketones is 1. The van der Waals surface area contributed by atoms with Crippen molar-refractivity contribution in [2.45, 2.75) is 89.1 Å². The average molecular weight is 531 g/mol. The molecular weight excluding hydrogens is 502 g/mol. The highest BCUT2D eigenvalue weighted by molar-refractivity contribution is 6.14. The van der Waals surface area contributed by atoms with Crippen LogP contribution in [0.4, 0.5) is 26.3 Å². The normalized spacial score (nSPS) is 25.2. The van der Waals surface area contributed by atoms with Crippen LogP contribution in [0.5, 0.6) is 0 Å². The Labute approximate surface area is 210 Å². The van der Waals surface area contributed by atoms with Crippen LogP contribution in [0.2, 0.25) is 0 Å². The molecule has 5 nitrogen and oxygen atoms in total. The van der Waals surface area contributed by atoms with E-state index in [1.54, 1.807) is 19.2 Å². The van der Waals surface area contributed by atoms with E-state index < -0.39 is 63.6 Å². The summed E-state index contributed by atoms with van der Waals surface area (Å²) in [7, 11) is 0. The van der Waals surface area contributed by atoms with Gasteiger partial charge in [-0.25, -0.2) is 0 Å². The van der Waals surface area contributed by atoms with Crippen LogP contribution in [0.1, 0.15) is 81.1 Å². The van der Waals surface area contributed by atoms with E-state index in [0.717, 1.165) is 29.9 Å². The van der Waals surface area contributed by atoms with Gasteiger partial charge in [-0.05, 0) is 42.9 Å². The Morgan fingerprint density at radius 2 is 1.59 bits per heavy atom. The molecule has 1 unspecified atom stereocenters. The molecule has 1 fully saturated rings. The third-order valence-electron chi connectivity index (χ3n) is 7.43. The lowest BCUT2D eigenvalue weighted by Gasteiger charge is -2.36. The number of carbonyl (C=O) groups is 3. The van der Waals surface area contributed by atoms with E-state index >= 15 is 0 Å². The van der Waals surface area contributed by atoms with E-state index in [1.807, 2.05) is 0 Å². The molecule has 202 valence electrons. The van der Waals surface area contributed by atoms with Gasteiger partial charge in [0.15, 0.2) is 5.78 Å². The number of allylic oxidation sites excluding steroid dienone is 1. The van der Waals surface area contributed by atoms with Crippen molar-refractivity contribution in [2.24, 2.45) is 5.41 Å². The summed E-state index contributed by atoms with van der Waals surface area (Å²) in [5.74, 6) is -3.90. The maximum Gasteiger partial charge on any atom is 0.425 e. The predicted molar refractivity (Wildman–Crippen MR) is 121 cm³/mol. The molecule has 1 aromatic carbocycles. The van der Waals surface area contributed by atoms with Crippen molar-refractivity contribution in [3.8, 4) is 0 Å². The number of rotatable bonds is 3. The Morgan fingerprint density at radius 3 is 2.16 bits per heavy atom. The summed E-state index contributed by atoms with van der Waals surface area (Å²) in [4.78, 5) is 41.2. The Bertz CT molecular complexity index is 1150. The fourth-order valence-electron chi connectivity index (χ4n) is 5.76. The minimum atomic E-state index is -5.42. The number of Topliss-reactive ketones (excluding diaryl/α,β-unsaturated/α-hetero) is 1. The van der Waals surface area contributed by atoms with Crippen LogP contribution in [0.15, 0.2) is 35.5 Å². The first-order chi connectivity index (χ1) is 17.1. The molecule has 1 aromatic rings. The molecule has 37 heavy (non-hydrogen) atoms. The number of hydrogen-bond acceptors (Lipinski definition) is 3. The fraction of sp³-hybridized carbons (Fsp3) is 0.577. The van der Waals surface area contributed by atoms with Gasteiger partial charge in [0.05, 0.1) is 11.1 Å². The minimum absolute atomic E-state index is 0.0214. The molecule has 1 N–H and O–H groups in total. The van der Waals surface area contributed by atoms with Crippen molar-refractivity contribution < 1.29 is 40.7 Å². The summed E-state index contributed by atoms with van der Waals surface area (Å²) in [5.41, 5.74) is -7.17. The third kappa shape index (κ3) is 4.77. The van der Waals surface area contributed by atoms with E-state index in [0.29, 0.717) is 37.8 Å². The number of nitrogens with one attached hydrogen (secondary N) is 1. The molecule has 1 heterocycles. The van der Waals surface area contributed by atoms with Gasteiger partial charge in [0, 0.05) is 23.7 Å². The molecule has 1 atom stereocenters.